The quantitative estimate of drug-likeness (QED) is 0.762. The smallest absolute Gasteiger partial charge is 0.122 e. The highest BCUT2D eigenvalue weighted by atomic mass is 16.5. The SMILES string of the molecule is Cc1ccccc1OCC(O)CNCC(C)C. The van der Waals surface area contributed by atoms with Crippen LogP contribution in [0.5, 0.6) is 5.75 Å². The van der Waals surface area contributed by atoms with Gasteiger partial charge < -0.3 is 15.2 Å². The second-order valence-corrected chi connectivity index (χ2v) is 4.78. The molecule has 1 unspecified atom stereocenters. The summed E-state index contributed by atoms with van der Waals surface area (Å²) in [5.74, 6) is 1.44. The van der Waals surface area contributed by atoms with Gasteiger partial charge in [0, 0.05) is 6.54 Å². The van der Waals surface area contributed by atoms with Crippen molar-refractivity contribution in [3.05, 3.63) is 29.8 Å². The van der Waals surface area contributed by atoms with E-state index in [0.717, 1.165) is 17.9 Å². The van der Waals surface area contributed by atoms with Crippen LogP contribution >= 0.6 is 0 Å². The molecule has 2 N–H and O–H groups in total. The summed E-state index contributed by atoms with van der Waals surface area (Å²) in [6, 6.07) is 7.83. The van der Waals surface area contributed by atoms with Gasteiger partial charge in [0.2, 0.25) is 0 Å². The van der Waals surface area contributed by atoms with Gasteiger partial charge in [-0.05, 0) is 31.0 Å². The Labute approximate surface area is 104 Å². The lowest BCUT2D eigenvalue weighted by Gasteiger charge is -2.15. The van der Waals surface area contributed by atoms with E-state index in [1.807, 2.05) is 31.2 Å². The highest BCUT2D eigenvalue weighted by molar-refractivity contribution is 5.31. The van der Waals surface area contributed by atoms with Crippen LogP contribution in [0.3, 0.4) is 0 Å². The highest BCUT2D eigenvalue weighted by Crippen LogP contribution is 2.16. The van der Waals surface area contributed by atoms with Crippen LogP contribution in [0.4, 0.5) is 0 Å². The molecule has 3 nitrogen and oxygen atoms in total. The number of ether oxygens (including phenoxy) is 1. The number of aliphatic hydroxyl groups is 1. The van der Waals surface area contributed by atoms with Crippen LogP contribution in [0.2, 0.25) is 0 Å². The number of aryl methyl sites for hydroxylation is 1. The van der Waals surface area contributed by atoms with Crippen LogP contribution in [0.1, 0.15) is 19.4 Å². The molecule has 1 atom stereocenters. The normalized spacial score (nSPS) is 12.8. The molecule has 0 spiro atoms. The molecule has 0 radical (unpaired) electrons. The van der Waals surface area contributed by atoms with Crippen molar-refractivity contribution in [2.45, 2.75) is 26.9 Å². The molecular formula is C14H23NO2. The van der Waals surface area contributed by atoms with Crippen molar-refractivity contribution in [3.63, 3.8) is 0 Å². The third-order valence-electron chi connectivity index (χ3n) is 2.46. The van der Waals surface area contributed by atoms with E-state index in [1.165, 1.54) is 0 Å². The first kappa shape index (κ1) is 14.0. The summed E-state index contributed by atoms with van der Waals surface area (Å²) in [5, 5.41) is 12.9. The summed E-state index contributed by atoms with van der Waals surface area (Å²) >= 11 is 0. The average molecular weight is 237 g/mol. The number of para-hydroxylation sites is 1. The van der Waals surface area contributed by atoms with Gasteiger partial charge in [0.05, 0.1) is 0 Å². The third kappa shape index (κ3) is 5.71. The van der Waals surface area contributed by atoms with E-state index in [0.29, 0.717) is 19.1 Å². The molecule has 0 saturated heterocycles. The van der Waals surface area contributed by atoms with Gasteiger partial charge in [-0.2, -0.15) is 0 Å². The van der Waals surface area contributed by atoms with Crippen molar-refractivity contribution < 1.29 is 9.84 Å². The van der Waals surface area contributed by atoms with Crippen LogP contribution in [-0.4, -0.2) is 30.9 Å². The zero-order valence-electron chi connectivity index (χ0n) is 10.9. The molecule has 0 amide bonds. The van der Waals surface area contributed by atoms with Gasteiger partial charge in [-0.3, -0.25) is 0 Å². The van der Waals surface area contributed by atoms with Gasteiger partial charge in [-0.15, -0.1) is 0 Å². The number of nitrogens with one attached hydrogen (secondary N) is 1. The summed E-state index contributed by atoms with van der Waals surface area (Å²) in [4.78, 5) is 0. The largest absolute Gasteiger partial charge is 0.491 e. The van der Waals surface area contributed by atoms with E-state index in [4.69, 9.17) is 4.74 Å². The summed E-state index contributed by atoms with van der Waals surface area (Å²) in [6.07, 6.45) is -0.464. The zero-order chi connectivity index (χ0) is 12.7. The Kier molecular flexibility index (Phi) is 6.01. The summed E-state index contributed by atoms with van der Waals surface area (Å²) < 4.78 is 5.57. The Morgan fingerprint density at radius 3 is 2.59 bits per heavy atom. The number of benzene rings is 1. The van der Waals surface area contributed by atoms with E-state index in [-0.39, 0.29) is 0 Å². The predicted octanol–water partition coefficient (Wildman–Crippen LogP) is 1.98. The lowest BCUT2D eigenvalue weighted by atomic mass is 10.2. The molecule has 3 heteroatoms. The number of hydrogen-bond donors (Lipinski definition) is 2. The van der Waals surface area contributed by atoms with Crippen molar-refractivity contribution in [1.82, 2.24) is 5.32 Å². The molecule has 1 aromatic carbocycles. The van der Waals surface area contributed by atoms with E-state index in [1.54, 1.807) is 0 Å². The summed E-state index contributed by atoms with van der Waals surface area (Å²) in [7, 11) is 0. The Balaban J connectivity index is 2.24. The second-order valence-electron chi connectivity index (χ2n) is 4.78. The molecule has 1 rings (SSSR count). The molecule has 0 aromatic heterocycles. The Morgan fingerprint density at radius 2 is 1.94 bits per heavy atom. The standard InChI is InChI=1S/C14H23NO2/c1-11(2)8-15-9-13(16)10-17-14-7-5-4-6-12(14)3/h4-7,11,13,15-16H,8-10H2,1-3H3. The molecule has 0 heterocycles. The van der Waals surface area contributed by atoms with Crippen LogP contribution in [-0.2, 0) is 0 Å². The van der Waals surface area contributed by atoms with Crippen LogP contribution in [0.25, 0.3) is 0 Å². The molecule has 0 aliphatic heterocycles. The molecule has 17 heavy (non-hydrogen) atoms. The molecule has 0 bridgehead atoms. The lowest BCUT2D eigenvalue weighted by Crippen LogP contribution is -2.33. The van der Waals surface area contributed by atoms with Crippen molar-refractivity contribution in [3.8, 4) is 5.75 Å². The molecule has 96 valence electrons. The molecule has 0 aliphatic rings. The van der Waals surface area contributed by atoms with Crippen molar-refractivity contribution in [1.29, 1.82) is 0 Å². The second kappa shape index (κ2) is 7.30. The Hall–Kier alpha value is -1.06. The summed E-state index contributed by atoms with van der Waals surface area (Å²) in [5.41, 5.74) is 1.09. The van der Waals surface area contributed by atoms with Gasteiger partial charge in [-0.1, -0.05) is 32.0 Å². The first-order valence-corrected chi connectivity index (χ1v) is 6.16. The third-order valence-corrected chi connectivity index (χ3v) is 2.46. The topological polar surface area (TPSA) is 41.5 Å². The highest BCUT2D eigenvalue weighted by Gasteiger charge is 2.06. The minimum Gasteiger partial charge on any atom is -0.491 e. The fraction of sp³-hybridized carbons (Fsp3) is 0.571. The van der Waals surface area contributed by atoms with Crippen LogP contribution in [0.15, 0.2) is 24.3 Å². The first-order chi connectivity index (χ1) is 8.09. The maximum absolute atomic E-state index is 9.73. The monoisotopic (exact) mass is 237 g/mol. The van der Waals surface area contributed by atoms with Crippen molar-refractivity contribution >= 4 is 0 Å². The van der Waals surface area contributed by atoms with Gasteiger partial charge in [0.1, 0.15) is 18.5 Å². The minimum absolute atomic E-state index is 0.329. The fourth-order valence-corrected chi connectivity index (χ4v) is 1.50. The van der Waals surface area contributed by atoms with Gasteiger partial charge >= 0.3 is 0 Å². The molecule has 0 aliphatic carbocycles. The van der Waals surface area contributed by atoms with E-state index < -0.39 is 6.10 Å². The fourth-order valence-electron chi connectivity index (χ4n) is 1.50. The predicted molar refractivity (Wildman–Crippen MR) is 70.4 cm³/mol. The minimum atomic E-state index is -0.464. The van der Waals surface area contributed by atoms with Crippen LogP contribution in [0, 0.1) is 12.8 Å². The lowest BCUT2D eigenvalue weighted by molar-refractivity contribution is 0.105. The number of hydrogen-bond acceptors (Lipinski definition) is 3. The molecular weight excluding hydrogens is 214 g/mol. The summed E-state index contributed by atoms with van der Waals surface area (Å²) in [6.45, 7) is 8.10. The number of aliphatic hydroxyl groups excluding tert-OH is 1. The molecule has 0 saturated carbocycles. The molecule has 0 fully saturated rings. The van der Waals surface area contributed by atoms with Crippen molar-refractivity contribution in [2.24, 2.45) is 5.92 Å². The van der Waals surface area contributed by atoms with Crippen molar-refractivity contribution in [2.75, 3.05) is 19.7 Å². The Bertz CT molecular complexity index is 326. The molecule has 1 aromatic rings. The Morgan fingerprint density at radius 1 is 1.24 bits per heavy atom. The van der Waals surface area contributed by atoms with Gasteiger partial charge in [0.25, 0.3) is 0 Å². The van der Waals surface area contributed by atoms with E-state index in [9.17, 15) is 5.11 Å². The van der Waals surface area contributed by atoms with Gasteiger partial charge in [0.15, 0.2) is 0 Å². The maximum Gasteiger partial charge on any atom is 0.122 e. The van der Waals surface area contributed by atoms with E-state index >= 15 is 0 Å². The average Bonchev–Trinajstić information content (AvgIpc) is 2.27. The van der Waals surface area contributed by atoms with Crippen LogP contribution < -0.4 is 10.1 Å². The van der Waals surface area contributed by atoms with E-state index in [2.05, 4.69) is 19.2 Å². The first-order valence-electron chi connectivity index (χ1n) is 6.16. The number of rotatable bonds is 7. The van der Waals surface area contributed by atoms with Gasteiger partial charge in [-0.25, -0.2) is 0 Å². The maximum atomic E-state index is 9.73. The zero-order valence-corrected chi connectivity index (χ0v) is 10.9.